The van der Waals surface area contributed by atoms with Crippen molar-refractivity contribution in [1.29, 1.82) is 0 Å². The molecule has 0 radical (unpaired) electrons. The summed E-state index contributed by atoms with van der Waals surface area (Å²) in [4.78, 5) is 15.4. The number of carbonyl (C=O) groups excluding carboxylic acids is 1. The van der Waals surface area contributed by atoms with Gasteiger partial charge in [0, 0.05) is 11.6 Å². The molecule has 0 aliphatic rings. The van der Waals surface area contributed by atoms with E-state index in [2.05, 4.69) is 9.73 Å². The second-order valence-corrected chi connectivity index (χ2v) is 4.76. The van der Waals surface area contributed by atoms with E-state index in [1.54, 1.807) is 36.4 Å². The molecule has 0 amide bonds. The van der Waals surface area contributed by atoms with Crippen LogP contribution >= 0.6 is 0 Å². The van der Waals surface area contributed by atoms with E-state index >= 15 is 0 Å². The first kappa shape index (κ1) is 17.5. The molecule has 0 heterocycles. The van der Waals surface area contributed by atoms with E-state index in [-0.39, 0.29) is 12.3 Å². The Morgan fingerprint density at radius 2 is 1.88 bits per heavy atom. The summed E-state index contributed by atoms with van der Waals surface area (Å²) < 4.78 is 44.9. The minimum absolute atomic E-state index is 0.0738. The summed E-state index contributed by atoms with van der Waals surface area (Å²) in [5.74, 6) is -1.17. The lowest BCUT2D eigenvalue weighted by Gasteiger charge is -2.13. The van der Waals surface area contributed by atoms with Gasteiger partial charge in [0.25, 0.3) is 0 Å². The monoisotopic (exact) mass is 336 g/mol. The first-order chi connectivity index (χ1) is 11.4. The first-order valence-corrected chi connectivity index (χ1v) is 7.11. The molecule has 2 aromatic rings. The third kappa shape index (κ3) is 3.73. The van der Waals surface area contributed by atoms with Crippen LogP contribution in [0.5, 0.6) is 0 Å². The van der Waals surface area contributed by atoms with Gasteiger partial charge in [-0.2, -0.15) is 13.2 Å². The fraction of sp³-hybridized carbons (Fsp3) is 0.176. The van der Waals surface area contributed by atoms with Gasteiger partial charge in [-0.25, -0.2) is 9.79 Å². The summed E-state index contributed by atoms with van der Waals surface area (Å²) in [5, 5.41) is 1.26. The highest BCUT2D eigenvalue weighted by Gasteiger charge is 2.41. The molecule has 2 aromatic carbocycles. The molecule has 0 atom stereocenters. The van der Waals surface area contributed by atoms with E-state index in [4.69, 9.17) is 5.73 Å². The molecule has 0 fully saturated rings. The Kier molecular flexibility index (Phi) is 5.23. The topological polar surface area (TPSA) is 64.7 Å². The molecule has 0 aliphatic carbocycles. The Morgan fingerprint density at radius 3 is 2.50 bits per heavy atom. The quantitative estimate of drug-likeness (QED) is 0.523. The van der Waals surface area contributed by atoms with E-state index in [1.165, 1.54) is 13.0 Å². The Bertz CT molecular complexity index is 806. The maximum Gasteiger partial charge on any atom is 0.434 e. The predicted molar refractivity (Wildman–Crippen MR) is 86.0 cm³/mol. The highest BCUT2D eigenvalue weighted by Crippen LogP contribution is 2.30. The normalized spacial score (nSPS) is 13.2. The summed E-state index contributed by atoms with van der Waals surface area (Å²) >= 11 is 0. The van der Waals surface area contributed by atoms with Crippen LogP contribution in [0.1, 0.15) is 6.92 Å². The van der Waals surface area contributed by atoms with Gasteiger partial charge < -0.3 is 10.5 Å². The van der Waals surface area contributed by atoms with Gasteiger partial charge in [0.2, 0.25) is 0 Å². The van der Waals surface area contributed by atoms with Crippen LogP contribution in [0, 0.1) is 0 Å². The molecule has 0 saturated heterocycles. The van der Waals surface area contributed by atoms with E-state index < -0.39 is 23.4 Å². The van der Waals surface area contributed by atoms with Crippen molar-refractivity contribution in [3.63, 3.8) is 0 Å². The van der Waals surface area contributed by atoms with Crippen molar-refractivity contribution in [2.24, 2.45) is 10.7 Å². The fourth-order valence-electron chi connectivity index (χ4n) is 2.16. The number of aliphatic imine (C=N–C) groups is 1. The fourth-order valence-corrected chi connectivity index (χ4v) is 2.16. The maximum atomic E-state index is 13.4. The van der Waals surface area contributed by atoms with Gasteiger partial charge in [0.15, 0.2) is 5.71 Å². The van der Waals surface area contributed by atoms with Gasteiger partial charge in [-0.15, -0.1) is 0 Å². The second kappa shape index (κ2) is 7.16. The van der Waals surface area contributed by atoms with Crippen LogP contribution in [0.15, 0.2) is 59.2 Å². The zero-order valence-electron chi connectivity index (χ0n) is 12.8. The number of carbonyl (C=O) groups is 1. The maximum absolute atomic E-state index is 13.4. The summed E-state index contributed by atoms with van der Waals surface area (Å²) in [7, 11) is 0. The third-order valence-electron chi connectivity index (χ3n) is 3.18. The van der Waals surface area contributed by atoms with E-state index in [9.17, 15) is 18.0 Å². The minimum atomic E-state index is -4.87. The summed E-state index contributed by atoms with van der Waals surface area (Å²) in [6.07, 6.45) is -4.30. The van der Waals surface area contributed by atoms with Crippen molar-refractivity contribution in [2.75, 3.05) is 6.61 Å². The van der Waals surface area contributed by atoms with E-state index in [0.717, 1.165) is 5.39 Å². The summed E-state index contributed by atoms with van der Waals surface area (Å²) in [5.41, 5.74) is 3.10. The van der Waals surface area contributed by atoms with Crippen LogP contribution in [-0.2, 0) is 9.53 Å². The van der Waals surface area contributed by atoms with Gasteiger partial charge >= 0.3 is 12.1 Å². The number of nitrogens with zero attached hydrogens (tertiary/aromatic N) is 1. The van der Waals surface area contributed by atoms with Crippen LogP contribution in [0.4, 0.5) is 18.9 Å². The molecule has 24 heavy (non-hydrogen) atoms. The van der Waals surface area contributed by atoms with Crippen molar-refractivity contribution in [2.45, 2.75) is 13.1 Å². The van der Waals surface area contributed by atoms with Crippen molar-refractivity contribution < 1.29 is 22.7 Å². The number of benzene rings is 2. The Labute approximate surface area is 136 Å². The molecule has 126 valence electrons. The lowest BCUT2D eigenvalue weighted by Crippen LogP contribution is -2.30. The molecule has 0 spiro atoms. The number of hydrogen-bond acceptors (Lipinski definition) is 4. The summed E-state index contributed by atoms with van der Waals surface area (Å²) in [6, 6.07) is 11.7. The lowest BCUT2D eigenvalue weighted by atomic mass is 10.1. The smallest absolute Gasteiger partial charge is 0.434 e. The lowest BCUT2D eigenvalue weighted by molar-refractivity contribution is -0.138. The average Bonchev–Trinajstić information content (AvgIpc) is 2.54. The Hall–Kier alpha value is -2.83. The highest BCUT2D eigenvalue weighted by atomic mass is 19.4. The number of fused-ring (bicyclic) bond motifs is 1. The number of rotatable bonds is 4. The number of alkyl halides is 3. The second-order valence-electron chi connectivity index (χ2n) is 4.76. The molecule has 0 unspecified atom stereocenters. The SMILES string of the molecule is CCOC(=O)C(=CN)C(=Nc1cccc2ccccc12)C(F)(F)F. The molecular weight excluding hydrogens is 321 g/mol. The van der Waals surface area contributed by atoms with Crippen LogP contribution in [0.2, 0.25) is 0 Å². The minimum Gasteiger partial charge on any atom is -0.462 e. The average molecular weight is 336 g/mol. The molecule has 2 N–H and O–H groups in total. The van der Waals surface area contributed by atoms with E-state index in [0.29, 0.717) is 11.6 Å². The standard InChI is InChI=1S/C17H15F3N2O2/c1-2-24-16(23)13(10-21)15(17(18,19)20)22-14-9-5-7-11-6-3-4-8-12(11)14/h3-10H,2,21H2,1H3. The molecule has 2 rings (SSSR count). The molecular formula is C17H15F3N2O2. The molecule has 4 nitrogen and oxygen atoms in total. The van der Waals surface area contributed by atoms with Crippen molar-refractivity contribution in [3.05, 3.63) is 54.2 Å². The zero-order valence-corrected chi connectivity index (χ0v) is 12.8. The van der Waals surface area contributed by atoms with Crippen molar-refractivity contribution in [1.82, 2.24) is 0 Å². The number of halogens is 3. The van der Waals surface area contributed by atoms with Gasteiger partial charge in [-0.05, 0) is 18.4 Å². The molecule has 0 aliphatic heterocycles. The van der Waals surface area contributed by atoms with Crippen LogP contribution < -0.4 is 5.73 Å². The van der Waals surface area contributed by atoms with Crippen LogP contribution in [0.3, 0.4) is 0 Å². The largest absolute Gasteiger partial charge is 0.462 e. The van der Waals surface area contributed by atoms with Gasteiger partial charge in [0.05, 0.1) is 12.3 Å². The van der Waals surface area contributed by atoms with Crippen LogP contribution in [0.25, 0.3) is 10.8 Å². The van der Waals surface area contributed by atoms with E-state index in [1.807, 2.05) is 0 Å². The molecule has 7 heteroatoms. The van der Waals surface area contributed by atoms with Gasteiger partial charge in [-0.3, -0.25) is 0 Å². The van der Waals surface area contributed by atoms with Crippen LogP contribution in [-0.4, -0.2) is 24.5 Å². The Morgan fingerprint density at radius 1 is 1.21 bits per heavy atom. The van der Waals surface area contributed by atoms with Crippen molar-refractivity contribution in [3.8, 4) is 0 Å². The predicted octanol–water partition coefficient (Wildman–Crippen LogP) is 3.88. The number of esters is 1. The number of hydrogen-bond donors (Lipinski definition) is 1. The zero-order chi connectivity index (χ0) is 17.7. The van der Waals surface area contributed by atoms with Crippen molar-refractivity contribution >= 4 is 28.1 Å². The Balaban J connectivity index is 2.63. The van der Waals surface area contributed by atoms with Gasteiger partial charge in [0.1, 0.15) is 5.57 Å². The number of ether oxygens (including phenoxy) is 1. The molecule has 0 saturated carbocycles. The summed E-state index contributed by atoms with van der Waals surface area (Å²) in [6.45, 7) is 1.41. The number of nitrogens with two attached hydrogens (primary N) is 1. The third-order valence-corrected chi connectivity index (χ3v) is 3.18. The van der Waals surface area contributed by atoms with Gasteiger partial charge in [-0.1, -0.05) is 36.4 Å². The highest BCUT2D eigenvalue weighted by molar-refractivity contribution is 6.23. The molecule has 0 aromatic heterocycles. The molecule has 0 bridgehead atoms. The first-order valence-electron chi connectivity index (χ1n) is 7.11.